The minimum absolute atomic E-state index is 0.143. The number of benzene rings is 1. The summed E-state index contributed by atoms with van der Waals surface area (Å²) in [4.78, 5) is 4.68. The van der Waals surface area contributed by atoms with Crippen LogP contribution in [0.5, 0.6) is 0 Å². The number of hydrogen-bond acceptors (Lipinski definition) is 2. The molecule has 1 heterocycles. The molecule has 19 heavy (non-hydrogen) atoms. The van der Waals surface area contributed by atoms with Crippen molar-refractivity contribution < 1.29 is 0 Å². The molecule has 1 aromatic carbocycles. The van der Waals surface area contributed by atoms with Crippen LogP contribution < -0.4 is 0 Å². The molecule has 1 fully saturated rings. The summed E-state index contributed by atoms with van der Waals surface area (Å²) in [5, 5.41) is 9.21. The van der Waals surface area contributed by atoms with Gasteiger partial charge in [0, 0.05) is 17.8 Å². The molecule has 0 amide bonds. The van der Waals surface area contributed by atoms with Crippen LogP contribution in [0.3, 0.4) is 0 Å². The van der Waals surface area contributed by atoms with Crippen molar-refractivity contribution >= 4 is 22.6 Å². The Morgan fingerprint density at radius 2 is 2.26 bits per heavy atom. The molecule has 0 saturated heterocycles. The van der Waals surface area contributed by atoms with Crippen molar-refractivity contribution in [2.24, 2.45) is 0 Å². The molecule has 0 radical (unpaired) electrons. The quantitative estimate of drug-likeness (QED) is 0.802. The van der Waals surface area contributed by atoms with Gasteiger partial charge < -0.3 is 4.57 Å². The lowest BCUT2D eigenvalue weighted by atomic mass is 9.78. The van der Waals surface area contributed by atoms with Gasteiger partial charge in [-0.3, -0.25) is 0 Å². The Bertz CT molecular complexity index is 662. The fourth-order valence-electron chi connectivity index (χ4n) is 3.00. The molecular formula is C15H16ClN3. The highest BCUT2D eigenvalue weighted by Gasteiger charge is 2.36. The largest absolute Gasteiger partial charge is 0.322 e. The Hall–Kier alpha value is -1.53. The van der Waals surface area contributed by atoms with Crippen LogP contribution >= 0.6 is 11.6 Å². The Balaban J connectivity index is 2.28. The van der Waals surface area contributed by atoms with Crippen molar-refractivity contribution in [3.63, 3.8) is 0 Å². The molecule has 1 aliphatic carbocycles. The van der Waals surface area contributed by atoms with Crippen molar-refractivity contribution in [1.29, 1.82) is 5.26 Å². The van der Waals surface area contributed by atoms with Crippen molar-refractivity contribution in [2.75, 3.05) is 5.88 Å². The Labute approximate surface area is 117 Å². The van der Waals surface area contributed by atoms with Crippen LogP contribution in [0.4, 0.5) is 0 Å². The topological polar surface area (TPSA) is 41.6 Å². The van der Waals surface area contributed by atoms with Gasteiger partial charge in [-0.2, -0.15) is 5.26 Å². The molecule has 0 atom stereocenters. The maximum Gasteiger partial charge on any atom is 0.111 e. The fraction of sp³-hybridized carbons (Fsp3) is 0.467. The molecule has 0 aliphatic heterocycles. The molecule has 0 unspecified atom stereocenters. The molecule has 2 aromatic rings. The van der Waals surface area contributed by atoms with Gasteiger partial charge in [-0.25, -0.2) is 4.98 Å². The number of aromatic nitrogens is 2. The van der Waals surface area contributed by atoms with Crippen LogP contribution in [0.1, 0.15) is 37.6 Å². The molecule has 4 heteroatoms. The lowest BCUT2D eigenvalue weighted by molar-refractivity contribution is 0.170. The lowest BCUT2D eigenvalue weighted by Gasteiger charge is -2.41. The number of rotatable bonds is 3. The number of imidazole rings is 1. The molecule has 98 valence electrons. The van der Waals surface area contributed by atoms with E-state index in [1.54, 1.807) is 0 Å². The smallest absolute Gasteiger partial charge is 0.111 e. The van der Waals surface area contributed by atoms with E-state index in [0.29, 0.717) is 11.4 Å². The highest BCUT2D eigenvalue weighted by atomic mass is 35.5. The number of hydrogen-bond donors (Lipinski definition) is 0. The summed E-state index contributed by atoms with van der Waals surface area (Å²) in [6, 6.07) is 8.05. The van der Waals surface area contributed by atoms with Gasteiger partial charge in [0.1, 0.15) is 17.4 Å². The Morgan fingerprint density at radius 3 is 2.84 bits per heavy atom. The van der Waals surface area contributed by atoms with Crippen LogP contribution in [0.15, 0.2) is 18.2 Å². The zero-order chi connectivity index (χ0) is 13.5. The molecule has 3 nitrogen and oxygen atoms in total. The monoisotopic (exact) mass is 273 g/mol. The molecule has 0 N–H and O–H groups in total. The highest BCUT2D eigenvalue weighted by Crippen LogP contribution is 2.42. The number of nitriles is 1. The SMILES string of the molecule is CC1(n2c(CCCl)nc3c(C#N)cccc32)CCC1. The van der Waals surface area contributed by atoms with E-state index in [-0.39, 0.29) is 5.54 Å². The van der Waals surface area contributed by atoms with E-state index in [2.05, 4.69) is 28.6 Å². The third-order valence-electron chi connectivity index (χ3n) is 4.16. The van der Waals surface area contributed by atoms with E-state index in [0.717, 1.165) is 23.3 Å². The van der Waals surface area contributed by atoms with Gasteiger partial charge >= 0.3 is 0 Å². The van der Waals surface area contributed by atoms with Gasteiger partial charge in [0.2, 0.25) is 0 Å². The minimum atomic E-state index is 0.143. The highest BCUT2D eigenvalue weighted by molar-refractivity contribution is 6.17. The van der Waals surface area contributed by atoms with Gasteiger partial charge in [0.15, 0.2) is 0 Å². The first-order chi connectivity index (χ1) is 9.19. The lowest BCUT2D eigenvalue weighted by Crippen LogP contribution is -2.38. The molecule has 1 saturated carbocycles. The summed E-state index contributed by atoms with van der Waals surface area (Å²) in [6.07, 6.45) is 4.35. The summed E-state index contributed by atoms with van der Waals surface area (Å²) in [5.74, 6) is 1.57. The van der Waals surface area contributed by atoms with Crippen molar-refractivity contribution in [3.05, 3.63) is 29.6 Å². The summed E-state index contributed by atoms with van der Waals surface area (Å²) < 4.78 is 2.31. The van der Waals surface area contributed by atoms with Crippen molar-refractivity contribution in [3.8, 4) is 6.07 Å². The normalized spacial score (nSPS) is 17.1. The van der Waals surface area contributed by atoms with Gasteiger partial charge in [-0.1, -0.05) is 6.07 Å². The second-order valence-corrected chi connectivity index (χ2v) is 5.82. The van der Waals surface area contributed by atoms with E-state index in [1.807, 2.05) is 12.1 Å². The second kappa shape index (κ2) is 4.54. The number of fused-ring (bicyclic) bond motifs is 1. The van der Waals surface area contributed by atoms with Gasteiger partial charge in [0.05, 0.1) is 11.1 Å². The first-order valence-corrected chi connectivity index (χ1v) is 7.20. The van der Waals surface area contributed by atoms with E-state index < -0.39 is 0 Å². The van der Waals surface area contributed by atoms with Crippen LogP contribution in [-0.4, -0.2) is 15.4 Å². The predicted molar refractivity (Wildman–Crippen MR) is 76.4 cm³/mol. The van der Waals surface area contributed by atoms with Crippen molar-refractivity contribution in [2.45, 2.75) is 38.1 Å². The van der Waals surface area contributed by atoms with E-state index in [9.17, 15) is 5.26 Å². The molecule has 3 rings (SSSR count). The van der Waals surface area contributed by atoms with Crippen LogP contribution in [0.25, 0.3) is 11.0 Å². The second-order valence-electron chi connectivity index (χ2n) is 5.44. The average molecular weight is 274 g/mol. The minimum Gasteiger partial charge on any atom is -0.322 e. The molecule has 0 bridgehead atoms. The number of para-hydroxylation sites is 1. The Kier molecular flexibility index (Phi) is 2.99. The zero-order valence-corrected chi connectivity index (χ0v) is 11.7. The molecule has 1 aliphatic rings. The molecule has 1 aromatic heterocycles. The van der Waals surface area contributed by atoms with Crippen LogP contribution in [0, 0.1) is 11.3 Å². The maximum absolute atomic E-state index is 9.21. The predicted octanol–water partition coefficient (Wildman–Crippen LogP) is 3.59. The van der Waals surface area contributed by atoms with E-state index >= 15 is 0 Å². The number of halogens is 1. The summed E-state index contributed by atoms with van der Waals surface area (Å²) >= 11 is 5.90. The zero-order valence-electron chi connectivity index (χ0n) is 11.0. The summed E-state index contributed by atoms with van der Waals surface area (Å²) in [6.45, 7) is 2.27. The van der Waals surface area contributed by atoms with Crippen LogP contribution in [0.2, 0.25) is 0 Å². The summed E-state index contributed by atoms with van der Waals surface area (Å²) in [5.41, 5.74) is 2.68. The molecular weight excluding hydrogens is 258 g/mol. The third-order valence-corrected chi connectivity index (χ3v) is 4.35. The van der Waals surface area contributed by atoms with Gasteiger partial charge in [-0.15, -0.1) is 11.6 Å². The molecule has 0 spiro atoms. The first kappa shape index (κ1) is 12.5. The Morgan fingerprint density at radius 1 is 1.47 bits per heavy atom. The summed E-state index contributed by atoms with van der Waals surface area (Å²) in [7, 11) is 0. The van der Waals surface area contributed by atoms with Gasteiger partial charge in [0.25, 0.3) is 0 Å². The number of alkyl halides is 1. The third kappa shape index (κ3) is 1.82. The standard InChI is InChI=1S/C15H16ClN3/c1-15(7-3-8-15)19-12-5-2-4-11(10-17)14(12)18-13(19)6-9-16/h2,4-5H,3,6-9H2,1H3. The first-order valence-electron chi connectivity index (χ1n) is 6.66. The number of aryl methyl sites for hydroxylation is 1. The average Bonchev–Trinajstić information content (AvgIpc) is 2.74. The van der Waals surface area contributed by atoms with E-state index in [4.69, 9.17) is 11.6 Å². The van der Waals surface area contributed by atoms with Crippen LogP contribution in [-0.2, 0) is 12.0 Å². The van der Waals surface area contributed by atoms with E-state index in [1.165, 1.54) is 19.3 Å². The number of nitrogens with zero attached hydrogens (tertiary/aromatic N) is 3. The van der Waals surface area contributed by atoms with Gasteiger partial charge in [-0.05, 0) is 38.3 Å². The fourth-order valence-corrected chi connectivity index (χ4v) is 3.17. The maximum atomic E-state index is 9.21. The van der Waals surface area contributed by atoms with Crippen molar-refractivity contribution in [1.82, 2.24) is 9.55 Å².